The molecule has 0 saturated carbocycles. The standard InChI is InChI=1S/C14H15BrO5/c15-7-1-2-12(16)10-5-3-9(4-6-10)8-11(13(17)18)14(19)20/h3-6,11H,1-2,7-8H2,(H,17,18)(H,19,20). The number of hydrogen-bond donors (Lipinski definition) is 2. The second-order valence-electron chi connectivity index (χ2n) is 4.35. The lowest BCUT2D eigenvalue weighted by atomic mass is 9.97. The molecular weight excluding hydrogens is 328 g/mol. The third-order valence-corrected chi connectivity index (χ3v) is 3.41. The summed E-state index contributed by atoms with van der Waals surface area (Å²) in [4.78, 5) is 33.3. The number of hydrogen-bond acceptors (Lipinski definition) is 3. The molecule has 0 aliphatic heterocycles. The first-order chi connectivity index (χ1) is 9.45. The zero-order valence-corrected chi connectivity index (χ0v) is 12.3. The molecule has 0 aliphatic carbocycles. The minimum Gasteiger partial charge on any atom is -0.481 e. The number of carboxylic acid groups (broad SMARTS) is 2. The average molecular weight is 343 g/mol. The highest BCUT2D eigenvalue weighted by atomic mass is 79.9. The summed E-state index contributed by atoms with van der Waals surface area (Å²) >= 11 is 3.25. The van der Waals surface area contributed by atoms with Crippen LogP contribution in [0.5, 0.6) is 0 Å². The first kappa shape index (κ1) is 16.4. The highest BCUT2D eigenvalue weighted by Crippen LogP contribution is 2.13. The molecule has 1 aromatic rings. The zero-order chi connectivity index (χ0) is 15.1. The molecule has 0 spiro atoms. The number of carbonyl (C=O) groups is 3. The number of alkyl halides is 1. The van der Waals surface area contributed by atoms with Gasteiger partial charge in [0.05, 0.1) is 0 Å². The van der Waals surface area contributed by atoms with Crippen LogP contribution < -0.4 is 0 Å². The summed E-state index contributed by atoms with van der Waals surface area (Å²) in [6.07, 6.45) is 1.10. The first-order valence-electron chi connectivity index (χ1n) is 6.09. The van der Waals surface area contributed by atoms with Crippen molar-refractivity contribution in [2.24, 2.45) is 5.92 Å². The van der Waals surface area contributed by atoms with Crippen molar-refractivity contribution < 1.29 is 24.6 Å². The Balaban J connectivity index is 2.73. The molecule has 0 aromatic heterocycles. The Morgan fingerprint density at radius 1 is 1.05 bits per heavy atom. The van der Waals surface area contributed by atoms with Gasteiger partial charge in [-0.15, -0.1) is 0 Å². The first-order valence-corrected chi connectivity index (χ1v) is 7.21. The summed E-state index contributed by atoms with van der Waals surface area (Å²) in [5.41, 5.74) is 1.13. The van der Waals surface area contributed by atoms with Crippen molar-refractivity contribution in [2.75, 3.05) is 5.33 Å². The van der Waals surface area contributed by atoms with Crippen LogP contribution in [0.3, 0.4) is 0 Å². The van der Waals surface area contributed by atoms with E-state index in [0.717, 1.165) is 11.8 Å². The van der Waals surface area contributed by atoms with Crippen molar-refractivity contribution in [3.8, 4) is 0 Å². The van der Waals surface area contributed by atoms with Gasteiger partial charge in [0.15, 0.2) is 11.7 Å². The van der Waals surface area contributed by atoms with E-state index in [2.05, 4.69) is 15.9 Å². The molecule has 108 valence electrons. The Labute approximate surface area is 124 Å². The molecule has 0 atom stereocenters. The predicted octanol–water partition coefficient (Wildman–Crippen LogP) is 2.37. The van der Waals surface area contributed by atoms with Gasteiger partial charge in [0.2, 0.25) is 0 Å². The zero-order valence-electron chi connectivity index (χ0n) is 10.7. The quantitative estimate of drug-likeness (QED) is 0.430. The number of aliphatic carboxylic acids is 2. The minimum absolute atomic E-state index is 0.0176. The van der Waals surface area contributed by atoms with E-state index >= 15 is 0 Å². The van der Waals surface area contributed by atoms with Crippen molar-refractivity contribution in [3.63, 3.8) is 0 Å². The van der Waals surface area contributed by atoms with E-state index in [0.29, 0.717) is 17.5 Å². The second kappa shape index (κ2) is 7.79. The van der Waals surface area contributed by atoms with Crippen LogP contribution in [-0.4, -0.2) is 33.3 Å². The Morgan fingerprint density at radius 3 is 2.05 bits per heavy atom. The molecule has 0 saturated heterocycles. The largest absolute Gasteiger partial charge is 0.481 e. The maximum absolute atomic E-state index is 11.7. The fourth-order valence-corrected chi connectivity index (χ4v) is 1.99. The van der Waals surface area contributed by atoms with Crippen LogP contribution in [0.4, 0.5) is 0 Å². The molecule has 1 aromatic carbocycles. The summed E-state index contributed by atoms with van der Waals surface area (Å²) in [7, 11) is 0. The molecule has 2 N–H and O–H groups in total. The number of halogens is 1. The maximum atomic E-state index is 11.7. The molecule has 5 nitrogen and oxygen atoms in total. The molecular formula is C14H15BrO5. The summed E-state index contributed by atoms with van der Waals surface area (Å²) in [5, 5.41) is 18.4. The van der Waals surface area contributed by atoms with Crippen molar-refractivity contribution in [1.82, 2.24) is 0 Å². The summed E-state index contributed by atoms with van der Waals surface area (Å²) in [6, 6.07) is 6.40. The topological polar surface area (TPSA) is 91.7 Å². The van der Waals surface area contributed by atoms with E-state index in [1.54, 1.807) is 24.3 Å². The Kier molecular flexibility index (Phi) is 6.38. The lowest BCUT2D eigenvalue weighted by Crippen LogP contribution is -2.25. The van der Waals surface area contributed by atoms with Crippen molar-refractivity contribution in [3.05, 3.63) is 35.4 Å². The highest BCUT2D eigenvalue weighted by Gasteiger charge is 2.25. The number of rotatable bonds is 8. The van der Waals surface area contributed by atoms with Gasteiger partial charge in [-0.25, -0.2) is 0 Å². The van der Waals surface area contributed by atoms with Gasteiger partial charge in [0, 0.05) is 17.3 Å². The van der Waals surface area contributed by atoms with Gasteiger partial charge < -0.3 is 10.2 Å². The lowest BCUT2D eigenvalue weighted by molar-refractivity contribution is -0.154. The molecule has 0 fully saturated rings. The van der Waals surface area contributed by atoms with E-state index in [-0.39, 0.29) is 12.2 Å². The molecule has 0 unspecified atom stereocenters. The molecule has 0 bridgehead atoms. The van der Waals surface area contributed by atoms with Crippen molar-refractivity contribution in [1.29, 1.82) is 0 Å². The summed E-state index contributed by atoms with van der Waals surface area (Å²) < 4.78 is 0. The smallest absolute Gasteiger partial charge is 0.318 e. The third kappa shape index (κ3) is 4.77. The van der Waals surface area contributed by atoms with Crippen LogP contribution in [0.15, 0.2) is 24.3 Å². The average Bonchev–Trinajstić information content (AvgIpc) is 2.42. The van der Waals surface area contributed by atoms with Gasteiger partial charge in [-0.05, 0) is 18.4 Å². The summed E-state index contributed by atoms with van der Waals surface area (Å²) in [6.45, 7) is 0. The number of benzene rings is 1. The van der Waals surface area contributed by atoms with Crippen LogP contribution in [0.1, 0.15) is 28.8 Å². The molecule has 6 heteroatoms. The van der Waals surface area contributed by atoms with Crippen LogP contribution in [0, 0.1) is 5.92 Å². The van der Waals surface area contributed by atoms with Crippen molar-refractivity contribution >= 4 is 33.7 Å². The SMILES string of the molecule is O=C(CCCBr)c1ccc(CC(C(=O)O)C(=O)O)cc1. The minimum atomic E-state index is -1.47. The van der Waals surface area contributed by atoms with Gasteiger partial charge in [-0.1, -0.05) is 40.2 Å². The monoisotopic (exact) mass is 342 g/mol. The van der Waals surface area contributed by atoms with Crippen LogP contribution in [-0.2, 0) is 16.0 Å². The molecule has 0 amide bonds. The second-order valence-corrected chi connectivity index (χ2v) is 5.14. The van der Waals surface area contributed by atoms with E-state index < -0.39 is 17.9 Å². The van der Waals surface area contributed by atoms with Crippen LogP contribution in [0.25, 0.3) is 0 Å². The van der Waals surface area contributed by atoms with E-state index in [4.69, 9.17) is 10.2 Å². The molecule has 0 aliphatic rings. The molecule has 0 heterocycles. The Bertz CT molecular complexity index is 481. The Hall–Kier alpha value is -1.69. The summed E-state index contributed by atoms with van der Waals surface area (Å²) in [5.74, 6) is -4.18. The Morgan fingerprint density at radius 2 is 1.60 bits per heavy atom. The normalized spacial score (nSPS) is 10.5. The number of ketones is 1. The van der Waals surface area contributed by atoms with E-state index in [9.17, 15) is 14.4 Å². The van der Waals surface area contributed by atoms with Gasteiger partial charge in [0.1, 0.15) is 0 Å². The van der Waals surface area contributed by atoms with E-state index in [1.165, 1.54) is 0 Å². The van der Waals surface area contributed by atoms with Crippen molar-refractivity contribution in [2.45, 2.75) is 19.3 Å². The van der Waals surface area contributed by atoms with Gasteiger partial charge in [-0.3, -0.25) is 14.4 Å². The number of carbonyl (C=O) groups excluding carboxylic acids is 1. The molecule has 0 radical (unpaired) electrons. The van der Waals surface area contributed by atoms with Gasteiger partial charge in [-0.2, -0.15) is 0 Å². The fourth-order valence-electron chi connectivity index (χ4n) is 1.71. The number of carboxylic acids is 2. The van der Waals surface area contributed by atoms with Gasteiger partial charge in [0.25, 0.3) is 0 Å². The molecule has 20 heavy (non-hydrogen) atoms. The lowest BCUT2D eigenvalue weighted by Gasteiger charge is -2.08. The highest BCUT2D eigenvalue weighted by molar-refractivity contribution is 9.09. The van der Waals surface area contributed by atoms with Crippen LogP contribution >= 0.6 is 15.9 Å². The molecule has 1 rings (SSSR count). The van der Waals surface area contributed by atoms with Crippen LogP contribution in [0.2, 0.25) is 0 Å². The predicted molar refractivity (Wildman–Crippen MR) is 76.3 cm³/mol. The third-order valence-electron chi connectivity index (χ3n) is 2.85. The van der Waals surface area contributed by atoms with E-state index in [1.807, 2.05) is 0 Å². The maximum Gasteiger partial charge on any atom is 0.318 e. The fraction of sp³-hybridized carbons (Fsp3) is 0.357. The van der Waals surface area contributed by atoms with Gasteiger partial charge >= 0.3 is 11.9 Å². The number of Topliss-reactive ketones (excluding diaryl/α,β-unsaturated/α-hetero) is 1.